The molecular weight excluding hydrogens is 266 g/mol. The van der Waals surface area contributed by atoms with Gasteiger partial charge in [-0.3, -0.25) is 9.36 Å². The highest BCUT2D eigenvalue weighted by atomic mass is 35.5. The first-order valence-electron chi connectivity index (χ1n) is 6.19. The van der Waals surface area contributed by atoms with E-state index < -0.39 is 0 Å². The molecule has 0 saturated carbocycles. The third-order valence-corrected chi connectivity index (χ3v) is 3.96. The Hall–Kier alpha value is -1.59. The number of nitrogens with one attached hydrogen (secondary N) is 1. The Labute approximate surface area is 114 Å². The molecule has 6 heteroatoms. The van der Waals surface area contributed by atoms with Crippen molar-refractivity contribution in [3.8, 4) is 0 Å². The van der Waals surface area contributed by atoms with Crippen molar-refractivity contribution in [2.24, 2.45) is 0 Å². The Kier molecular flexibility index (Phi) is 2.95. The minimum atomic E-state index is -0.383. The molecule has 0 bridgehead atoms. The standard InChI is InChI=1S/C13H14ClN3O2/c1-16-6-5-8(7-16)17-12(18)9-3-2-4-10(14)11(9)15-13(17)19/h2-4,8H,5-7H2,1H3,(H,15,19). The molecule has 1 N–H and O–H groups in total. The molecule has 0 radical (unpaired) electrons. The van der Waals surface area contributed by atoms with E-state index in [1.54, 1.807) is 18.2 Å². The van der Waals surface area contributed by atoms with Crippen molar-refractivity contribution in [3.05, 3.63) is 44.1 Å². The first-order chi connectivity index (χ1) is 9.08. The van der Waals surface area contributed by atoms with Gasteiger partial charge < -0.3 is 9.88 Å². The monoisotopic (exact) mass is 279 g/mol. The van der Waals surface area contributed by atoms with E-state index in [1.165, 1.54) is 4.57 Å². The van der Waals surface area contributed by atoms with Crippen molar-refractivity contribution in [1.29, 1.82) is 0 Å². The van der Waals surface area contributed by atoms with Crippen LogP contribution >= 0.6 is 11.6 Å². The summed E-state index contributed by atoms with van der Waals surface area (Å²) in [6.45, 7) is 1.61. The Morgan fingerprint density at radius 2 is 2.16 bits per heavy atom. The van der Waals surface area contributed by atoms with Crippen LogP contribution in [0.4, 0.5) is 0 Å². The molecule has 1 unspecified atom stereocenters. The number of para-hydroxylation sites is 1. The van der Waals surface area contributed by atoms with Crippen molar-refractivity contribution in [1.82, 2.24) is 14.5 Å². The molecule has 3 rings (SSSR count). The normalized spacial score (nSPS) is 20.2. The zero-order chi connectivity index (χ0) is 13.6. The quantitative estimate of drug-likeness (QED) is 0.854. The molecule has 1 fully saturated rings. The number of likely N-dealkylation sites (tertiary alicyclic amines) is 1. The minimum absolute atomic E-state index is 0.0652. The van der Waals surface area contributed by atoms with Gasteiger partial charge in [-0.2, -0.15) is 0 Å². The molecular formula is C13H14ClN3O2. The number of H-pyrrole nitrogens is 1. The highest BCUT2D eigenvalue weighted by Crippen LogP contribution is 2.20. The van der Waals surface area contributed by atoms with Gasteiger partial charge in [0.1, 0.15) is 0 Å². The summed E-state index contributed by atoms with van der Waals surface area (Å²) in [5.74, 6) is 0. The summed E-state index contributed by atoms with van der Waals surface area (Å²) in [5, 5.41) is 0.851. The molecule has 1 aromatic heterocycles. The van der Waals surface area contributed by atoms with Gasteiger partial charge in [-0.25, -0.2) is 4.79 Å². The van der Waals surface area contributed by atoms with Gasteiger partial charge >= 0.3 is 5.69 Å². The van der Waals surface area contributed by atoms with Gasteiger partial charge in [0, 0.05) is 6.54 Å². The minimum Gasteiger partial charge on any atom is -0.305 e. The van der Waals surface area contributed by atoms with Crippen LogP contribution in [0.5, 0.6) is 0 Å². The lowest BCUT2D eigenvalue weighted by Gasteiger charge is -2.13. The maximum atomic E-state index is 12.5. The van der Waals surface area contributed by atoms with Crippen LogP contribution in [0.1, 0.15) is 12.5 Å². The summed E-state index contributed by atoms with van der Waals surface area (Å²) < 4.78 is 1.32. The first-order valence-corrected chi connectivity index (χ1v) is 6.57. The number of halogens is 1. The van der Waals surface area contributed by atoms with E-state index in [1.807, 2.05) is 7.05 Å². The van der Waals surface area contributed by atoms with Crippen LogP contribution in [-0.4, -0.2) is 34.6 Å². The molecule has 2 heterocycles. The summed E-state index contributed by atoms with van der Waals surface area (Å²) in [7, 11) is 1.98. The van der Waals surface area contributed by atoms with Crippen LogP contribution in [0.2, 0.25) is 5.02 Å². The Morgan fingerprint density at radius 1 is 1.37 bits per heavy atom. The molecule has 1 aromatic carbocycles. The zero-order valence-electron chi connectivity index (χ0n) is 10.5. The van der Waals surface area contributed by atoms with Crippen molar-refractivity contribution in [2.45, 2.75) is 12.5 Å². The van der Waals surface area contributed by atoms with E-state index in [9.17, 15) is 9.59 Å². The predicted molar refractivity (Wildman–Crippen MR) is 75.0 cm³/mol. The van der Waals surface area contributed by atoms with Gasteiger partial charge in [-0.15, -0.1) is 0 Å². The molecule has 1 atom stereocenters. The molecule has 100 valence electrons. The van der Waals surface area contributed by atoms with E-state index in [0.717, 1.165) is 19.5 Å². The molecule has 0 aliphatic carbocycles. The van der Waals surface area contributed by atoms with Gasteiger partial charge in [-0.1, -0.05) is 17.7 Å². The summed E-state index contributed by atoms with van der Waals surface area (Å²) in [6.07, 6.45) is 0.811. The van der Waals surface area contributed by atoms with E-state index in [4.69, 9.17) is 11.6 Å². The smallest absolute Gasteiger partial charge is 0.305 e. The van der Waals surface area contributed by atoms with Crippen LogP contribution in [0.3, 0.4) is 0 Å². The van der Waals surface area contributed by atoms with Gasteiger partial charge in [0.05, 0.1) is 22.0 Å². The van der Waals surface area contributed by atoms with Gasteiger partial charge in [0.15, 0.2) is 0 Å². The number of rotatable bonds is 1. The number of hydrogen-bond acceptors (Lipinski definition) is 3. The van der Waals surface area contributed by atoms with E-state index >= 15 is 0 Å². The average Bonchev–Trinajstić information content (AvgIpc) is 2.77. The second-order valence-corrected chi connectivity index (χ2v) is 5.38. The average molecular weight is 280 g/mol. The first kappa shape index (κ1) is 12.4. The lowest BCUT2D eigenvalue weighted by atomic mass is 10.2. The Balaban J connectivity index is 2.27. The zero-order valence-corrected chi connectivity index (χ0v) is 11.3. The van der Waals surface area contributed by atoms with Crippen LogP contribution in [-0.2, 0) is 0 Å². The highest BCUT2D eigenvalue weighted by molar-refractivity contribution is 6.34. The lowest BCUT2D eigenvalue weighted by molar-refractivity contribution is 0.386. The predicted octanol–water partition coefficient (Wildman–Crippen LogP) is 1.22. The van der Waals surface area contributed by atoms with Crippen molar-refractivity contribution in [2.75, 3.05) is 20.1 Å². The van der Waals surface area contributed by atoms with Crippen LogP contribution in [0, 0.1) is 0 Å². The summed E-state index contributed by atoms with van der Waals surface area (Å²) in [6, 6.07) is 5.00. The lowest BCUT2D eigenvalue weighted by Crippen LogP contribution is -2.39. The van der Waals surface area contributed by atoms with E-state index in [-0.39, 0.29) is 17.3 Å². The maximum absolute atomic E-state index is 12.5. The third-order valence-electron chi connectivity index (χ3n) is 3.65. The number of aromatic amines is 1. The topological polar surface area (TPSA) is 58.1 Å². The van der Waals surface area contributed by atoms with Crippen molar-refractivity contribution < 1.29 is 0 Å². The molecule has 1 saturated heterocycles. The molecule has 1 aliphatic heterocycles. The number of aromatic nitrogens is 2. The largest absolute Gasteiger partial charge is 0.329 e. The fourth-order valence-electron chi connectivity index (χ4n) is 2.67. The molecule has 19 heavy (non-hydrogen) atoms. The number of fused-ring (bicyclic) bond motifs is 1. The number of nitrogens with zero attached hydrogens (tertiary/aromatic N) is 2. The van der Waals surface area contributed by atoms with Crippen molar-refractivity contribution in [3.63, 3.8) is 0 Å². The summed E-state index contributed by atoms with van der Waals surface area (Å²) in [5.41, 5.74) is -0.228. The molecule has 5 nitrogen and oxygen atoms in total. The van der Waals surface area contributed by atoms with E-state index in [0.29, 0.717) is 15.9 Å². The third kappa shape index (κ3) is 1.99. The second-order valence-electron chi connectivity index (χ2n) is 4.97. The Bertz CT molecular complexity index is 750. The van der Waals surface area contributed by atoms with Crippen LogP contribution in [0.25, 0.3) is 10.9 Å². The molecule has 0 amide bonds. The SMILES string of the molecule is CN1CCC(n2c(=O)[nH]c3c(Cl)cccc3c2=O)C1. The number of benzene rings is 1. The van der Waals surface area contributed by atoms with Crippen molar-refractivity contribution >= 4 is 22.5 Å². The van der Waals surface area contributed by atoms with Gasteiger partial charge in [0.2, 0.25) is 0 Å². The van der Waals surface area contributed by atoms with Gasteiger partial charge in [-0.05, 0) is 32.1 Å². The van der Waals surface area contributed by atoms with Crippen LogP contribution < -0.4 is 11.2 Å². The number of likely N-dealkylation sites (N-methyl/N-ethyl adjacent to an activating group) is 1. The van der Waals surface area contributed by atoms with E-state index in [2.05, 4.69) is 9.88 Å². The Morgan fingerprint density at radius 3 is 2.84 bits per heavy atom. The summed E-state index contributed by atoms with van der Waals surface area (Å²) in [4.78, 5) is 29.4. The molecule has 2 aromatic rings. The van der Waals surface area contributed by atoms with Crippen LogP contribution in [0.15, 0.2) is 27.8 Å². The summed E-state index contributed by atoms with van der Waals surface area (Å²) >= 11 is 6.01. The number of hydrogen-bond donors (Lipinski definition) is 1. The second kappa shape index (κ2) is 4.51. The molecule has 1 aliphatic rings. The fourth-order valence-corrected chi connectivity index (χ4v) is 2.89. The fraction of sp³-hybridized carbons (Fsp3) is 0.385. The molecule has 0 spiro atoms. The van der Waals surface area contributed by atoms with Gasteiger partial charge in [0.25, 0.3) is 5.56 Å². The maximum Gasteiger partial charge on any atom is 0.329 e. The highest BCUT2D eigenvalue weighted by Gasteiger charge is 2.24.